The average molecular weight is 339 g/mol. The zero-order valence-corrected chi connectivity index (χ0v) is 13.6. The summed E-state index contributed by atoms with van der Waals surface area (Å²) in [5.41, 5.74) is 0. The second-order valence-corrected chi connectivity index (χ2v) is 7.21. The van der Waals surface area contributed by atoms with E-state index in [4.69, 9.17) is 0 Å². The van der Waals surface area contributed by atoms with Gasteiger partial charge in [-0.1, -0.05) is 48.5 Å². The molecule has 24 heavy (non-hydrogen) atoms. The highest BCUT2D eigenvalue weighted by atomic mass is 32.2. The molecule has 0 aliphatic heterocycles. The second-order valence-electron chi connectivity index (χ2n) is 5.60. The van der Waals surface area contributed by atoms with E-state index < -0.39 is 16.0 Å². The van der Waals surface area contributed by atoms with Crippen molar-refractivity contribution in [3.63, 3.8) is 0 Å². The first-order valence-electron chi connectivity index (χ1n) is 7.33. The third kappa shape index (κ3) is 2.19. The van der Waals surface area contributed by atoms with Crippen LogP contribution in [0.5, 0.6) is 0 Å². The Morgan fingerprint density at radius 1 is 0.875 bits per heavy atom. The summed E-state index contributed by atoms with van der Waals surface area (Å²) in [6.45, 7) is 1.13. The van der Waals surface area contributed by atoms with E-state index in [-0.39, 0.29) is 4.90 Å². The minimum Gasteiger partial charge on any atom is -0.356 e. The summed E-state index contributed by atoms with van der Waals surface area (Å²) in [6, 6.07) is 16.9. The molecule has 0 aromatic heterocycles. The molecule has 0 aliphatic rings. The Morgan fingerprint density at radius 3 is 2.12 bits per heavy atom. The number of hydrogen-bond donors (Lipinski definition) is 1. The first-order chi connectivity index (χ1) is 11.5. The molecule has 0 atom stereocenters. The lowest BCUT2D eigenvalue weighted by Gasteiger charge is -2.14. The molecule has 0 saturated heterocycles. The number of rotatable bonds is 3. The second kappa shape index (κ2) is 5.15. The van der Waals surface area contributed by atoms with Crippen molar-refractivity contribution in [2.24, 2.45) is 0 Å². The van der Waals surface area contributed by atoms with Crippen LogP contribution < -0.4 is 4.89 Å². The van der Waals surface area contributed by atoms with Gasteiger partial charge in [0.25, 0.3) is 10.0 Å². The fraction of sp³-hybridized carbons (Fsp3) is 0.0556. The molecule has 1 N–H and O–H groups in total. The van der Waals surface area contributed by atoms with Crippen molar-refractivity contribution in [2.45, 2.75) is 11.8 Å². The van der Waals surface area contributed by atoms with Gasteiger partial charge in [-0.2, -0.15) is 0 Å². The van der Waals surface area contributed by atoms with Crippen molar-refractivity contribution < 1.29 is 18.0 Å². The van der Waals surface area contributed by atoms with Crippen LogP contribution in [0, 0.1) is 0 Å². The van der Waals surface area contributed by atoms with Gasteiger partial charge in [-0.05, 0) is 37.9 Å². The normalized spacial score (nSPS) is 12.2. The molecule has 120 valence electrons. The van der Waals surface area contributed by atoms with Crippen LogP contribution in [-0.2, 0) is 19.7 Å². The summed E-state index contributed by atoms with van der Waals surface area (Å²) in [7, 11) is -3.97. The van der Waals surface area contributed by atoms with Crippen LogP contribution in [-0.4, -0.2) is 14.4 Å². The Balaban J connectivity index is 2.06. The predicted octanol–water partition coefficient (Wildman–Crippen LogP) is 3.34. The lowest BCUT2D eigenvalue weighted by molar-refractivity contribution is -0.144. The Hall–Kier alpha value is -2.70. The standard InChI is InChI=1S/C18H13NO4S/c1-11(20)23-19-24(21,22)16-10-8-14-6-5-12-3-2-4-13-7-9-15(16)18(14)17(12)13/h2-10,19H,1H3. The highest BCUT2D eigenvalue weighted by Gasteiger charge is 2.21. The van der Waals surface area contributed by atoms with E-state index in [1.165, 1.54) is 6.07 Å². The lowest BCUT2D eigenvalue weighted by atomic mass is 9.94. The maximum Gasteiger partial charge on any atom is 0.323 e. The highest BCUT2D eigenvalue weighted by molar-refractivity contribution is 7.89. The van der Waals surface area contributed by atoms with Crippen molar-refractivity contribution in [3.8, 4) is 0 Å². The van der Waals surface area contributed by atoms with E-state index in [2.05, 4.69) is 4.84 Å². The number of hydrogen-bond acceptors (Lipinski definition) is 4. The van der Waals surface area contributed by atoms with Gasteiger partial charge < -0.3 is 4.84 Å². The maximum atomic E-state index is 12.5. The summed E-state index contributed by atoms with van der Waals surface area (Å²) in [6.07, 6.45) is 0. The van der Waals surface area contributed by atoms with Gasteiger partial charge >= 0.3 is 5.97 Å². The van der Waals surface area contributed by atoms with Gasteiger partial charge in [0.1, 0.15) is 0 Å². The molecule has 0 unspecified atom stereocenters. The molecule has 0 aliphatic carbocycles. The van der Waals surface area contributed by atoms with Gasteiger partial charge in [0, 0.05) is 12.3 Å². The number of carbonyl (C=O) groups excluding carboxylic acids is 1. The highest BCUT2D eigenvalue weighted by Crippen LogP contribution is 2.37. The van der Waals surface area contributed by atoms with E-state index in [9.17, 15) is 13.2 Å². The van der Waals surface area contributed by atoms with Gasteiger partial charge in [0.05, 0.1) is 4.90 Å². The van der Waals surface area contributed by atoms with Crippen molar-refractivity contribution in [1.82, 2.24) is 4.89 Å². The van der Waals surface area contributed by atoms with Gasteiger partial charge in [0.15, 0.2) is 0 Å². The summed E-state index contributed by atoms with van der Waals surface area (Å²) < 4.78 is 25.0. The van der Waals surface area contributed by atoms with Gasteiger partial charge in [-0.25, -0.2) is 8.42 Å². The minimum atomic E-state index is -3.97. The van der Waals surface area contributed by atoms with Crippen molar-refractivity contribution in [1.29, 1.82) is 0 Å². The molecular weight excluding hydrogens is 326 g/mol. The summed E-state index contributed by atoms with van der Waals surface area (Å²) in [5, 5.41) is 5.56. The van der Waals surface area contributed by atoms with E-state index in [1.54, 1.807) is 12.1 Å². The van der Waals surface area contributed by atoms with Crippen LogP contribution in [0.4, 0.5) is 0 Å². The first-order valence-corrected chi connectivity index (χ1v) is 8.81. The van der Waals surface area contributed by atoms with Gasteiger partial charge in [0.2, 0.25) is 0 Å². The molecule has 0 amide bonds. The molecule has 0 spiro atoms. The Morgan fingerprint density at radius 2 is 1.46 bits per heavy atom. The zero-order chi connectivity index (χ0) is 16.9. The number of carbonyl (C=O) groups is 1. The third-order valence-electron chi connectivity index (χ3n) is 4.07. The third-order valence-corrected chi connectivity index (χ3v) is 5.31. The number of benzene rings is 4. The molecular formula is C18H13NO4S. The van der Waals surface area contributed by atoms with Crippen LogP contribution in [0.2, 0.25) is 0 Å². The SMILES string of the molecule is CC(=O)ONS(=O)(=O)c1ccc2ccc3cccc4ccc1c2c34. The van der Waals surface area contributed by atoms with Gasteiger partial charge in [-0.15, -0.1) is 0 Å². The fourth-order valence-electron chi connectivity index (χ4n) is 3.10. The predicted molar refractivity (Wildman–Crippen MR) is 92.2 cm³/mol. The molecule has 0 heterocycles. The maximum absolute atomic E-state index is 12.5. The molecule has 0 fully saturated rings. The van der Waals surface area contributed by atoms with Crippen LogP contribution in [0.15, 0.2) is 59.5 Å². The molecule has 5 nitrogen and oxygen atoms in total. The summed E-state index contributed by atoms with van der Waals surface area (Å²) in [5.74, 6) is -0.726. The minimum absolute atomic E-state index is 0.0782. The lowest BCUT2D eigenvalue weighted by Crippen LogP contribution is -2.26. The summed E-state index contributed by atoms with van der Waals surface area (Å²) >= 11 is 0. The molecule has 0 saturated carbocycles. The molecule has 0 radical (unpaired) electrons. The molecule has 4 aromatic carbocycles. The van der Waals surface area contributed by atoms with Crippen molar-refractivity contribution in [3.05, 3.63) is 54.6 Å². The topological polar surface area (TPSA) is 72.5 Å². The van der Waals surface area contributed by atoms with Crippen LogP contribution >= 0.6 is 0 Å². The van der Waals surface area contributed by atoms with E-state index in [0.717, 1.165) is 33.9 Å². The largest absolute Gasteiger partial charge is 0.356 e. The van der Waals surface area contributed by atoms with Gasteiger partial charge in [-0.3, -0.25) is 4.79 Å². The summed E-state index contributed by atoms with van der Waals surface area (Å²) in [4.78, 5) is 17.3. The van der Waals surface area contributed by atoms with Crippen LogP contribution in [0.25, 0.3) is 32.3 Å². The van der Waals surface area contributed by atoms with E-state index >= 15 is 0 Å². The zero-order valence-electron chi connectivity index (χ0n) is 12.7. The van der Waals surface area contributed by atoms with Crippen LogP contribution in [0.3, 0.4) is 0 Å². The Kier molecular flexibility index (Phi) is 3.19. The van der Waals surface area contributed by atoms with E-state index in [0.29, 0.717) is 5.39 Å². The fourth-order valence-corrected chi connectivity index (χ4v) is 4.12. The molecule has 4 rings (SSSR count). The molecule has 4 aromatic rings. The van der Waals surface area contributed by atoms with Crippen molar-refractivity contribution >= 4 is 48.3 Å². The monoisotopic (exact) mass is 339 g/mol. The van der Waals surface area contributed by atoms with Crippen LogP contribution in [0.1, 0.15) is 6.92 Å². The quantitative estimate of drug-likeness (QED) is 0.459. The number of nitrogens with one attached hydrogen (secondary N) is 1. The molecule has 0 bridgehead atoms. The smallest absolute Gasteiger partial charge is 0.323 e. The number of sulfonamides is 1. The van der Waals surface area contributed by atoms with Crippen molar-refractivity contribution in [2.75, 3.05) is 0 Å². The van der Waals surface area contributed by atoms with E-state index in [1.807, 2.05) is 41.3 Å². The molecule has 6 heteroatoms. The Labute approximate surface area is 138 Å². The first kappa shape index (κ1) is 14.9. The Bertz CT molecular complexity index is 1180. The average Bonchev–Trinajstić information content (AvgIpc) is 2.58.